The Bertz CT molecular complexity index is 1300. The van der Waals surface area contributed by atoms with Crippen LogP contribution in [0.3, 0.4) is 0 Å². The predicted octanol–water partition coefficient (Wildman–Crippen LogP) is 3.15. The molecule has 4 rings (SSSR count). The number of ether oxygens (including phenoxy) is 2. The molecule has 0 bridgehead atoms. The lowest BCUT2D eigenvalue weighted by Gasteiger charge is -2.44. The van der Waals surface area contributed by atoms with Gasteiger partial charge in [-0.1, -0.05) is 23.7 Å². The molecule has 0 amide bonds. The Balaban J connectivity index is 1.76. The van der Waals surface area contributed by atoms with Gasteiger partial charge in [0.25, 0.3) is 0 Å². The summed E-state index contributed by atoms with van der Waals surface area (Å²) in [5.41, 5.74) is 0.547. The third kappa shape index (κ3) is 3.41. The smallest absolute Gasteiger partial charge is 0.175 e. The standard InChI is InChI=1S/C21H24ClN3O5S2/c1-20(11-32(27,28)21(9-26,10-29-2)19(23)25-20)18-13(22)8-16(31-18)14-7-12-5-4-6-15(30-3)17(12)24-14/h4-8,24,26H,9-11H2,1-3H3,(H2,23,25)/t20-,21?/m0/s1. The molecular formula is C21H24ClN3O5S2. The maximum absolute atomic E-state index is 13.2. The molecule has 2 atom stereocenters. The SMILES string of the molecule is COCC1(CO)C(=N)N[C@](C)(c2sc(-c3cc4cccc(OC)c4[nH]3)cc2Cl)CS1(=O)=O. The van der Waals surface area contributed by atoms with Crippen LogP contribution >= 0.6 is 22.9 Å². The van der Waals surface area contributed by atoms with Crippen molar-refractivity contribution in [1.82, 2.24) is 10.3 Å². The fourth-order valence-corrected chi connectivity index (χ4v) is 7.97. The van der Waals surface area contributed by atoms with Crippen LogP contribution in [0.4, 0.5) is 0 Å². The van der Waals surface area contributed by atoms with Gasteiger partial charge in [-0.05, 0) is 25.1 Å². The van der Waals surface area contributed by atoms with Gasteiger partial charge >= 0.3 is 0 Å². The largest absolute Gasteiger partial charge is 0.495 e. The third-order valence-electron chi connectivity index (χ3n) is 5.85. The summed E-state index contributed by atoms with van der Waals surface area (Å²) >= 11 is 7.92. The molecule has 8 nitrogen and oxygen atoms in total. The highest BCUT2D eigenvalue weighted by atomic mass is 35.5. The van der Waals surface area contributed by atoms with E-state index in [1.165, 1.54) is 18.4 Å². The number of hydrogen-bond donors (Lipinski definition) is 4. The zero-order valence-electron chi connectivity index (χ0n) is 17.8. The lowest BCUT2D eigenvalue weighted by atomic mass is 9.99. The first kappa shape index (κ1) is 23.1. The minimum Gasteiger partial charge on any atom is -0.495 e. The van der Waals surface area contributed by atoms with E-state index in [1.807, 2.05) is 24.3 Å². The second-order valence-corrected chi connectivity index (χ2v) is 11.8. The van der Waals surface area contributed by atoms with Gasteiger partial charge in [-0.25, -0.2) is 8.42 Å². The lowest BCUT2D eigenvalue weighted by Crippen LogP contribution is -2.69. The highest BCUT2D eigenvalue weighted by molar-refractivity contribution is 7.93. The van der Waals surface area contributed by atoms with E-state index < -0.39 is 26.7 Å². The first-order valence-corrected chi connectivity index (χ1v) is 12.6. The number of methoxy groups -OCH3 is 2. The number of hydrogen-bond acceptors (Lipinski definition) is 7. The Hall–Kier alpha value is -2.11. The maximum Gasteiger partial charge on any atom is 0.175 e. The van der Waals surface area contributed by atoms with Crippen LogP contribution in [-0.2, 0) is 20.1 Å². The molecule has 11 heteroatoms. The van der Waals surface area contributed by atoms with E-state index in [-0.39, 0.29) is 18.2 Å². The summed E-state index contributed by atoms with van der Waals surface area (Å²) in [5.74, 6) is 0.0690. The summed E-state index contributed by atoms with van der Waals surface area (Å²) in [5, 5.41) is 22.7. The molecule has 2 aromatic heterocycles. The van der Waals surface area contributed by atoms with Crippen LogP contribution in [0.15, 0.2) is 30.3 Å². The van der Waals surface area contributed by atoms with Crippen molar-refractivity contribution in [3.8, 4) is 16.3 Å². The number of fused-ring (bicyclic) bond motifs is 1. The number of aromatic amines is 1. The van der Waals surface area contributed by atoms with Gasteiger partial charge in [-0.2, -0.15) is 0 Å². The number of sulfone groups is 1. The summed E-state index contributed by atoms with van der Waals surface area (Å²) in [4.78, 5) is 4.77. The van der Waals surface area contributed by atoms with Crippen LogP contribution in [0, 0.1) is 5.41 Å². The van der Waals surface area contributed by atoms with Gasteiger partial charge in [0.15, 0.2) is 14.6 Å². The van der Waals surface area contributed by atoms with Gasteiger partial charge in [0.1, 0.15) is 11.6 Å². The predicted molar refractivity (Wildman–Crippen MR) is 127 cm³/mol. The van der Waals surface area contributed by atoms with Crippen LogP contribution in [0.1, 0.15) is 11.8 Å². The van der Waals surface area contributed by atoms with E-state index in [9.17, 15) is 13.5 Å². The summed E-state index contributed by atoms with van der Waals surface area (Å²) in [6.45, 7) is 0.641. The Morgan fingerprint density at radius 2 is 2.06 bits per heavy atom. The van der Waals surface area contributed by atoms with Crippen LogP contribution < -0.4 is 10.1 Å². The van der Waals surface area contributed by atoms with Gasteiger partial charge in [-0.15, -0.1) is 11.3 Å². The topological polar surface area (TPSA) is 124 Å². The molecule has 3 aromatic rings. The quantitative estimate of drug-likeness (QED) is 0.414. The van der Waals surface area contributed by atoms with E-state index in [2.05, 4.69) is 10.3 Å². The average Bonchev–Trinajstić information content (AvgIpc) is 3.34. The number of thiophene rings is 1. The molecule has 0 radical (unpaired) electrons. The molecule has 1 aromatic carbocycles. The van der Waals surface area contributed by atoms with Crippen LogP contribution in [0.25, 0.3) is 21.5 Å². The number of rotatable bonds is 6. The molecule has 1 aliphatic heterocycles. The number of amidine groups is 1. The normalized spacial score (nSPS) is 25.1. The molecule has 1 aliphatic rings. The molecule has 0 saturated carbocycles. The van der Waals surface area contributed by atoms with E-state index in [0.29, 0.717) is 9.90 Å². The van der Waals surface area contributed by atoms with Crippen molar-refractivity contribution in [3.63, 3.8) is 0 Å². The Morgan fingerprint density at radius 3 is 2.69 bits per heavy atom. The second-order valence-electron chi connectivity index (χ2n) is 8.07. The molecule has 1 fully saturated rings. The van der Waals surface area contributed by atoms with Gasteiger partial charge in [0, 0.05) is 12.5 Å². The minimum absolute atomic E-state index is 0.308. The van der Waals surface area contributed by atoms with Gasteiger partial charge in [-0.3, -0.25) is 5.41 Å². The van der Waals surface area contributed by atoms with Crippen LogP contribution in [0.2, 0.25) is 5.02 Å². The Labute approximate surface area is 194 Å². The summed E-state index contributed by atoms with van der Waals surface area (Å²) in [6.07, 6.45) is 0. The van der Waals surface area contributed by atoms with Crippen molar-refractivity contribution in [2.45, 2.75) is 17.2 Å². The number of halogens is 1. The first-order valence-electron chi connectivity index (χ1n) is 9.76. The van der Waals surface area contributed by atoms with Gasteiger partial charge in [0.2, 0.25) is 0 Å². The molecule has 0 aliphatic carbocycles. The molecular weight excluding hydrogens is 474 g/mol. The number of nitrogens with one attached hydrogen (secondary N) is 3. The van der Waals surface area contributed by atoms with E-state index in [0.717, 1.165) is 27.2 Å². The molecule has 1 unspecified atom stereocenters. The van der Waals surface area contributed by atoms with Crippen LogP contribution in [-0.4, -0.2) is 62.3 Å². The Kier molecular flexibility index (Phi) is 5.79. The zero-order chi connectivity index (χ0) is 23.3. The number of aliphatic hydroxyl groups excluding tert-OH is 1. The lowest BCUT2D eigenvalue weighted by molar-refractivity contribution is 0.144. The van der Waals surface area contributed by atoms with Crippen molar-refractivity contribution in [1.29, 1.82) is 5.41 Å². The first-order chi connectivity index (χ1) is 15.1. The van der Waals surface area contributed by atoms with Crippen molar-refractivity contribution in [2.24, 2.45) is 0 Å². The fourth-order valence-electron chi connectivity index (χ4n) is 4.15. The number of para-hydroxylation sites is 1. The number of H-pyrrole nitrogens is 1. The summed E-state index contributed by atoms with van der Waals surface area (Å²) < 4.78 is 35.1. The second kappa shape index (κ2) is 8.03. The number of aliphatic hydroxyl groups is 1. The zero-order valence-corrected chi connectivity index (χ0v) is 20.2. The molecule has 1 saturated heterocycles. The van der Waals surface area contributed by atoms with Crippen LogP contribution in [0.5, 0.6) is 5.75 Å². The molecule has 32 heavy (non-hydrogen) atoms. The summed E-state index contributed by atoms with van der Waals surface area (Å²) in [6, 6.07) is 9.50. The van der Waals surface area contributed by atoms with E-state index >= 15 is 0 Å². The summed E-state index contributed by atoms with van der Waals surface area (Å²) in [7, 11) is -0.996. The molecule has 0 spiro atoms. The average molecular weight is 498 g/mol. The Morgan fingerprint density at radius 1 is 1.31 bits per heavy atom. The highest BCUT2D eigenvalue weighted by Crippen LogP contribution is 2.44. The van der Waals surface area contributed by atoms with E-state index in [1.54, 1.807) is 20.1 Å². The van der Waals surface area contributed by atoms with Crippen molar-refractivity contribution < 1.29 is 23.0 Å². The molecule has 4 N–H and O–H groups in total. The number of aromatic nitrogens is 1. The maximum atomic E-state index is 13.2. The fraction of sp³-hybridized carbons (Fsp3) is 0.381. The van der Waals surface area contributed by atoms with Crippen molar-refractivity contribution in [3.05, 3.63) is 40.2 Å². The molecule has 172 valence electrons. The van der Waals surface area contributed by atoms with Crippen molar-refractivity contribution >= 4 is 49.5 Å². The highest BCUT2D eigenvalue weighted by Gasteiger charge is 2.57. The van der Waals surface area contributed by atoms with Crippen molar-refractivity contribution in [2.75, 3.05) is 33.2 Å². The molecule has 3 heterocycles. The van der Waals surface area contributed by atoms with Gasteiger partial charge < -0.3 is 24.9 Å². The van der Waals surface area contributed by atoms with Gasteiger partial charge in [0.05, 0.1) is 57.6 Å². The minimum atomic E-state index is -3.94. The third-order valence-corrected chi connectivity index (χ3v) is 10.3. The van der Waals surface area contributed by atoms with E-state index in [4.69, 9.17) is 26.5 Å². The number of benzene rings is 1. The monoisotopic (exact) mass is 497 g/mol.